The van der Waals surface area contributed by atoms with Crippen molar-refractivity contribution in [1.29, 1.82) is 0 Å². The fourth-order valence-corrected chi connectivity index (χ4v) is 1.69. The van der Waals surface area contributed by atoms with Crippen LogP contribution in [0.15, 0.2) is 12.1 Å². The maximum absolute atomic E-state index is 5.30. The number of rotatable bonds is 6. The van der Waals surface area contributed by atoms with Crippen molar-refractivity contribution >= 4 is 5.82 Å². The van der Waals surface area contributed by atoms with Gasteiger partial charge in [-0.1, -0.05) is 25.8 Å². The number of hydrogen-bond acceptors (Lipinski definition) is 3. The normalized spacial score (nSPS) is 10.4. The summed E-state index contributed by atoms with van der Waals surface area (Å²) in [5.74, 6) is 4.22. The van der Waals surface area contributed by atoms with Crippen LogP contribution >= 0.6 is 0 Å². The van der Waals surface area contributed by atoms with Gasteiger partial charge < -0.3 is 10.2 Å². The predicted molar refractivity (Wildman–Crippen MR) is 77.6 cm³/mol. The third kappa shape index (κ3) is 4.38. The lowest BCUT2D eigenvalue weighted by atomic mass is 10.2. The minimum atomic E-state index is 0.581. The van der Waals surface area contributed by atoms with Crippen LogP contribution in [0.3, 0.4) is 0 Å². The molecule has 0 amide bonds. The van der Waals surface area contributed by atoms with Gasteiger partial charge >= 0.3 is 0 Å². The van der Waals surface area contributed by atoms with E-state index in [1.54, 1.807) is 0 Å². The van der Waals surface area contributed by atoms with Crippen molar-refractivity contribution in [3.63, 3.8) is 0 Å². The Balaban J connectivity index is 2.65. The standard InChI is InChI=1S/C15H23N3/c1-6-9-18(5)15-8-7-14(13(4)17-15)11-16-10-12(2)3/h1,7-8,12,16H,9-11H2,2-5H3. The molecule has 0 unspecified atom stereocenters. The minimum Gasteiger partial charge on any atom is -0.349 e. The van der Waals surface area contributed by atoms with Gasteiger partial charge in [-0.25, -0.2) is 4.98 Å². The fraction of sp³-hybridized carbons (Fsp3) is 0.533. The van der Waals surface area contributed by atoms with Gasteiger partial charge in [0.15, 0.2) is 0 Å². The molecule has 0 atom stereocenters. The Morgan fingerprint density at radius 2 is 2.17 bits per heavy atom. The van der Waals surface area contributed by atoms with E-state index in [2.05, 4.69) is 36.1 Å². The van der Waals surface area contributed by atoms with Crippen molar-refractivity contribution < 1.29 is 0 Å². The maximum Gasteiger partial charge on any atom is 0.129 e. The number of aryl methyl sites for hydroxylation is 1. The van der Waals surface area contributed by atoms with Crippen LogP contribution < -0.4 is 10.2 Å². The minimum absolute atomic E-state index is 0.581. The first-order valence-electron chi connectivity index (χ1n) is 6.36. The molecule has 0 aromatic carbocycles. The molecule has 0 fully saturated rings. The number of pyridine rings is 1. The van der Waals surface area contributed by atoms with Crippen molar-refractivity contribution in [2.45, 2.75) is 27.3 Å². The van der Waals surface area contributed by atoms with E-state index in [-0.39, 0.29) is 0 Å². The third-order valence-corrected chi connectivity index (χ3v) is 2.77. The van der Waals surface area contributed by atoms with Crippen LogP contribution in [0.2, 0.25) is 0 Å². The highest BCUT2D eigenvalue weighted by Gasteiger charge is 2.05. The van der Waals surface area contributed by atoms with E-state index in [9.17, 15) is 0 Å². The molecule has 0 saturated carbocycles. The summed E-state index contributed by atoms with van der Waals surface area (Å²) in [5.41, 5.74) is 2.31. The van der Waals surface area contributed by atoms with Gasteiger partial charge in [-0.3, -0.25) is 0 Å². The van der Waals surface area contributed by atoms with Crippen LogP contribution in [0.1, 0.15) is 25.1 Å². The van der Waals surface area contributed by atoms with Gasteiger partial charge in [0.05, 0.1) is 6.54 Å². The first-order valence-corrected chi connectivity index (χ1v) is 6.36. The van der Waals surface area contributed by atoms with E-state index >= 15 is 0 Å². The number of aromatic nitrogens is 1. The van der Waals surface area contributed by atoms with E-state index in [0.717, 1.165) is 24.6 Å². The SMILES string of the molecule is C#CCN(C)c1ccc(CNCC(C)C)c(C)n1. The second-order valence-electron chi connectivity index (χ2n) is 5.00. The number of nitrogens with one attached hydrogen (secondary N) is 1. The highest BCUT2D eigenvalue weighted by Crippen LogP contribution is 2.13. The van der Waals surface area contributed by atoms with Crippen molar-refractivity contribution in [3.8, 4) is 12.3 Å². The Morgan fingerprint density at radius 3 is 2.72 bits per heavy atom. The van der Waals surface area contributed by atoms with E-state index in [1.807, 2.05) is 24.9 Å². The highest BCUT2D eigenvalue weighted by atomic mass is 15.2. The topological polar surface area (TPSA) is 28.2 Å². The molecule has 3 nitrogen and oxygen atoms in total. The largest absolute Gasteiger partial charge is 0.349 e. The Morgan fingerprint density at radius 1 is 1.44 bits per heavy atom. The maximum atomic E-state index is 5.30. The molecule has 18 heavy (non-hydrogen) atoms. The molecule has 1 rings (SSSR count). The summed E-state index contributed by atoms with van der Waals surface area (Å²) in [4.78, 5) is 6.55. The molecular formula is C15H23N3. The first-order chi connectivity index (χ1) is 8.54. The number of terminal acetylenes is 1. The Kier molecular flexibility index (Phi) is 5.67. The zero-order chi connectivity index (χ0) is 13.5. The summed E-state index contributed by atoms with van der Waals surface area (Å²) in [6.45, 7) is 8.93. The molecule has 0 bridgehead atoms. The molecule has 98 valence electrons. The van der Waals surface area contributed by atoms with Crippen LogP contribution in [0, 0.1) is 25.2 Å². The molecular weight excluding hydrogens is 222 g/mol. The van der Waals surface area contributed by atoms with Crippen molar-refractivity contribution in [3.05, 3.63) is 23.4 Å². The zero-order valence-electron chi connectivity index (χ0n) is 11.8. The molecule has 0 aliphatic heterocycles. The summed E-state index contributed by atoms with van der Waals surface area (Å²) in [6.07, 6.45) is 5.30. The Bertz CT molecular complexity index is 418. The van der Waals surface area contributed by atoms with E-state index in [0.29, 0.717) is 12.5 Å². The third-order valence-electron chi connectivity index (χ3n) is 2.77. The zero-order valence-corrected chi connectivity index (χ0v) is 11.8. The number of hydrogen-bond donors (Lipinski definition) is 1. The quantitative estimate of drug-likeness (QED) is 0.779. The van der Waals surface area contributed by atoms with E-state index < -0.39 is 0 Å². The first kappa shape index (κ1) is 14.5. The van der Waals surface area contributed by atoms with Crippen LogP contribution in [-0.4, -0.2) is 25.1 Å². The monoisotopic (exact) mass is 245 g/mol. The Hall–Kier alpha value is -1.53. The van der Waals surface area contributed by atoms with Gasteiger partial charge in [0.25, 0.3) is 0 Å². The lowest BCUT2D eigenvalue weighted by Gasteiger charge is -2.17. The van der Waals surface area contributed by atoms with Crippen LogP contribution in [0.5, 0.6) is 0 Å². The highest BCUT2D eigenvalue weighted by molar-refractivity contribution is 5.42. The van der Waals surface area contributed by atoms with Crippen LogP contribution in [0.25, 0.3) is 0 Å². The average Bonchev–Trinajstić information content (AvgIpc) is 2.31. The molecule has 3 heteroatoms. The van der Waals surface area contributed by atoms with Gasteiger partial charge in [-0.05, 0) is 31.0 Å². The van der Waals surface area contributed by atoms with Crippen LogP contribution in [0.4, 0.5) is 5.82 Å². The van der Waals surface area contributed by atoms with Gasteiger partial charge in [-0.2, -0.15) is 0 Å². The molecule has 0 saturated heterocycles. The second-order valence-corrected chi connectivity index (χ2v) is 5.00. The molecule has 0 aliphatic rings. The number of anilines is 1. The molecule has 1 aromatic rings. The second kappa shape index (κ2) is 7.03. The lowest BCUT2D eigenvalue weighted by molar-refractivity contribution is 0.551. The van der Waals surface area contributed by atoms with E-state index in [1.165, 1.54) is 5.56 Å². The molecule has 0 spiro atoms. The smallest absolute Gasteiger partial charge is 0.129 e. The van der Waals surface area contributed by atoms with Crippen molar-refractivity contribution in [2.75, 3.05) is 25.0 Å². The molecule has 1 heterocycles. The van der Waals surface area contributed by atoms with Gasteiger partial charge in [0, 0.05) is 19.3 Å². The molecule has 1 N–H and O–H groups in total. The fourth-order valence-electron chi connectivity index (χ4n) is 1.69. The van der Waals surface area contributed by atoms with Crippen molar-refractivity contribution in [2.24, 2.45) is 5.92 Å². The summed E-state index contributed by atoms with van der Waals surface area (Å²) < 4.78 is 0. The van der Waals surface area contributed by atoms with E-state index in [4.69, 9.17) is 6.42 Å². The number of nitrogens with zero attached hydrogens (tertiary/aromatic N) is 2. The molecule has 0 radical (unpaired) electrons. The molecule has 0 aliphatic carbocycles. The van der Waals surface area contributed by atoms with Gasteiger partial charge in [0.2, 0.25) is 0 Å². The average molecular weight is 245 g/mol. The summed E-state index contributed by atoms with van der Waals surface area (Å²) >= 11 is 0. The van der Waals surface area contributed by atoms with Gasteiger partial charge in [-0.15, -0.1) is 6.42 Å². The van der Waals surface area contributed by atoms with Crippen molar-refractivity contribution in [1.82, 2.24) is 10.3 Å². The lowest BCUT2D eigenvalue weighted by Crippen LogP contribution is -2.21. The summed E-state index contributed by atoms with van der Waals surface area (Å²) in [5, 5.41) is 3.43. The summed E-state index contributed by atoms with van der Waals surface area (Å²) in [7, 11) is 1.96. The Labute approximate surface area is 111 Å². The van der Waals surface area contributed by atoms with Gasteiger partial charge in [0.1, 0.15) is 5.82 Å². The molecule has 1 aromatic heterocycles. The summed E-state index contributed by atoms with van der Waals surface area (Å²) in [6, 6.07) is 4.15. The van der Waals surface area contributed by atoms with Crippen LogP contribution in [-0.2, 0) is 6.54 Å². The predicted octanol–water partition coefficient (Wildman–Crippen LogP) is 2.21.